The molecule has 5 nitrogen and oxygen atoms in total. The van der Waals surface area contributed by atoms with Gasteiger partial charge in [0.2, 0.25) is 5.91 Å². The van der Waals surface area contributed by atoms with Crippen LogP contribution in [0, 0.1) is 5.82 Å². The number of rotatable bonds is 4. The van der Waals surface area contributed by atoms with Crippen molar-refractivity contribution in [2.24, 2.45) is 0 Å². The summed E-state index contributed by atoms with van der Waals surface area (Å²) in [6.45, 7) is 0.745. The number of carbonyl (C=O) groups is 1. The number of aliphatic hydroxyl groups excluding tert-OH is 1. The van der Waals surface area contributed by atoms with E-state index in [-0.39, 0.29) is 17.7 Å². The number of aliphatic hydroxyl groups is 1. The number of ether oxygens (including phenoxy) is 1. The third kappa shape index (κ3) is 3.26. The van der Waals surface area contributed by atoms with Crippen LogP contribution < -0.4 is 10.1 Å². The molecular formula is C14H19FN2O3. The number of nitrogens with zero attached hydrogens (tertiary/aromatic N) is 1. The molecule has 2 rings (SSSR count). The third-order valence-corrected chi connectivity index (χ3v) is 3.42. The van der Waals surface area contributed by atoms with E-state index in [1.165, 1.54) is 18.1 Å². The number of hydrogen-bond donors (Lipinski definition) is 2. The van der Waals surface area contributed by atoms with E-state index >= 15 is 0 Å². The van der Waals surface area contributed by atoms with Crippen LogP contribution in [0.4, 0.5) is 4.39 Å². The van der Waals surface area contributed by atoms with Gasteiger partial charge in [-0.15, -0.1) is 0 Å². The van der Waals surface area contributed by atoms with Crippen molar-refractivity contribution in [3.05, 3.63) is 29.6 Å². The third-order valence-electron chi connectivity index (χ3n) is 3.42. The minimum Gasteiger partial charge on any atom is -0.494 e. The second kappa shape index (κ2) is 6.19. The lowest BCUT2D eigenvalue weighted by atomic mass is 10.1. The summed E-state index contributed by atoms with van der Waals surface area (Å²) in [4.78, 5) is 13.7. The molecule has 0 bridgehead atoms. The number of β-amino-alcohol motifs (C(OH)–C–C–N with tert-alkyl or cyclic N) is 1. The molecule has 1 fully saturated rings. The maximum Gasteiger partial charge on any atom is 0.239 e. The number of amides is 1. The fraction of sp³-hybridized carbons (Fsp3) is 0.500. The topological polar surface area (TPSA) is 61.8 Å². The summed E-state index contributed by atoms with van der Waals surface area (Å²) in [6.07, 6.45) is -0.0593. The molecule has 2 atom stereocenters. The Morgan fingerprint density at radius 3 is 2.90 bits per heavy atom. The van der Waals surface area contributed by atoms with E-state index in [4.69, 9.17) is 4.74 Å². The Labute approximate surface area is 117 Å². The summed E-state index contributed by atoms with van der Waals surface area (Å²) in [6, 6.07) is 4.26. The van der Waals surface area contributed by atoms with Crippen LogP contribution in [0.5, 0.6) is 5.75 Å². The molecule has 1 heterocycles. The first kappa shape index (κ1) is 14.7. The Morgan fingerprint density at radius 2 is 2.35 bits per heavy atom. The number of benzene rings is 1. The second-order valence-corrected chi connectivity index (χ2v) is 5.01. The summed E-state index contributed by atoms with van der Waals surface area (Å²) in [7, 11) is 3.07. The fourth-order valence-electron chi connectivity index (χ4n) is 2.33. The summed E-state index contributed by atoms with van der Waals surface area (Å²) < 4.78 is 18.4. The molecule has 1 aromatic carbocycles. The van der Waals surface area contributed by atoms with Gasteiger partial charge in [-0.1, -0.05) is 6.07 Å². The molecule has 0 saturated carbocycles. The molecule has 110 valence electrons. The van der Waals surface area contributed by atoms with Gasteiger partial charge in [0.1, 0.15) is 0 Å². The minimum absolute atomic E-state index is 0.0993. The average molecular weight is 282 g/mol. The molecule has 1 amide bonds. The van der Waals surface area contributed by atoms with Crippen LogP contribution in [0.3, 0.4) is 0 Å². The molecule has 1 aliphatic heterocycles. The predicted molar refractivity (Wildman–Crippen MR) is 71.8 cm³/mol. The van der Waals surface area contributed by atoms with Crippen molar-refractivity contribution < 1.29 is 19.0 Å². The van der Waals surface area contributed by atoms with E-state index < -0.39 is 11.9 Å². The lowest BCUT2D eigenvalue weighted by Crippen LogP contribution is -2.41. The van der Waals surface area contributed by atoms with E-state index in [0.717, 1.165) is 0 Å². The molecule has 20 heavy (non-hydrogen) atoms. The first-order valence-corrected chi connectivity index (χ1v) is 6.50. The molecule has 0 aromatic heterocycles. The molecule has 0 spiro atoms. The van der Waals surface area contributed by atoms with Crippen LogP contribution >= 0.6 is 0 Å². The van der Waals surface area contributed by atoms with Gasteiger partial charge in [0.15, 0.2) is 11.6 Å². The maximum atomic E-state index is 13.6. The van der Waals surface area contributed by atoms with Crippen molar-refractivity contribution in [1.82, 2.24) is 10.2 Å². The molecule has 1 saturated heterocycles. The number of hydrogen-bond acceptors (Lipinski definition) is 4. The zero-order chi connectivity index (χ0) is 14.7. The van der Waals surface area contributed by atoms with Crippen LogP contribution in [0.1, 0.15) is 12.0 Å². The van der Waals surface area contributed by atoms with Crippen LogP contribution in [-0.2, 0) is 11.3 Å². The van der Waals surface area contributed by atoms with Gasteiger partial charge in [-0.25, -0.2) is 4.39 Å². The quantitative estimate of drug-likeness (QED) is 0.845. The highest BCUT2D eigenvalue weighted by atomic mass is 19.1. The van der Waals surface area contributed by atoms with Crippen LogP contribution in [0.15, 0.2) is 18.2 Å². The van der Waals surface area contributed by atoms with Crippen LogP contribution in [-0.4, -0.2) is 48.8 Å². The van der Waals surface area contributed by atoms with E-state index in [1.54, 1.807) is 19.2 Å². The molecule has 1 aliphatic rings. The largest absolute Gasteiger partial charge is 0.494 e. The molecule has 0 aliphatic carbocycles. The van der Waals surface area contributed by atoms with Crippen molar-refractivity contribution in [3.63, 3.8) is 0 Å². The van der Waals surface area contributed by atoms with Crippen molar-refractivity contribution in [2.45, 2.75) is 25.1 Å². The van der Waals surface area contributed by atoms with Crippen LogP contribution in [0.2, 0.25) is 0 Å². The van der Waals surface area contributed by atoms with Gasteiger partial charge >= 0.3 is 0 Å². The van der Waals surface area contributed by atoms with E-state index in [2.05, 4.69) is 5.32 Å². The zero-order valence-corrected chi connectivity index (χ0v) is 11.6. The number of methoxy groups -OCH3 is 1. The molecular weight excluding hydrogens is 263 g/mol. The summed E-state index contributed by atoms with van der Waals surface area (Å²) in [5, 5.41) is 12.4. The van der Waals surface area contributed by atoms with Crippen molar-refractivity contribution >= 4 is 5.91 Å². The number of halogens is 1. The van der Waals surface area contributed by atoms with Gasteiger partial charge in [0.05, 0.1) is 19.3 Å². The van der Waals surface area contributed by atoms with Gasteiger partial charge < -0.3 is 20.1 Å². The van der Waals surface area contributed by atoms with Gasteiger partial charge in [0.25, 0.3) is 0 Å². The Balaban J connectivity index is 1.98. The van der Waals surface area contributed by atoms with Crippen molar-refractivity contribution in [2.75, 3.05) is 20.7 Å². The first-order chi connectivity index (χ1) is 9.51. The SMILES string of the molecule is COc1ccc(CN(C)C(=O)C2CC(O)CN2)cc1F. The summed E-state index contributed by atoms with van der Waals surface area (Å²) in [5.74, 6) is -0.360. The maximum absolute atomic E-state index is 13.6. The molecule has 2 unspecified atom stereocenters. The Bertz CT molecular complexity index is 495. The van der Waals surface area contributed by atoms with Gasteiger partial charge in [0, 0.05) is 20.1 Å². The zero-order valence-electron chi connectivity index (χ0n) is 11.6. The van der Waals surface area contributed by atoms with Crippen molar-refractivity contribution in [1.29, 1.82) is 0 Å². The second-order valence-electron chi connectivity index (χ2n) is 5.01. The average Bonchev–Trinajstić information content (AvgIpc) is 2.84. The normalized spacial score (nSPS) is 21.8. The minimum atomic E-state index is -0.476. The predicted octanol–water partition coefficient (Wildman–Crippen LogP) is 0.516. The summed E-state index contributed by atoms with van der Waals surface area (Å²) >= 11 is 0. The van der Waals surface area contributed by atoms with Crippen molar-refractivity contribution in [3.8, 4) is 5.75 Å². The number of nitrogens with one attached hydrogen (secondary N) is 1. The van der Waals surface area contributed by atoms with E-state index in [0.29, 0.717) is 25.1 Å². The lowest BCUT2D eigenvalue weighted by Gasteiger charge is -2.21. The van der Waals surface area contributed by atoms with Crippen LogP contribution in [0.25, 0.3) is 0 Å². The Hall–Kier alpha value is -1.66. The fourth-order valence-corrected chi connectivity index (χ4v) is 2.33. The monoisotopic (exact) mass is 282 g/mol. The van der Waals surface area contributed by atoms with Gasteiger partial charge in [-0.3, -0.25) is 4.79 Å². The Kier molecular flexibility index (Phi) is 4.57. The number of carbonyl (C=O) groups excluding carboxylic acids is 1. The highest BCUT2D eigenvalue weighted by Crippen LogP contribution is 2.19. The molecule has 1 aromatic rings. The number of likely N-dealkylation sites (N-methyl/N-ethyl adjacent to an activating group) is 1. The molecule has 2 N–H and O–H groups in total. The van der Waals surface area contributed by atoms with E-state index in [1.807, 2.05) is 0 Å². The molecule has 0 radical (unpaired) electrons. The Morgan fingerprint density at radius 1 is 1.60 bits per heavy atom. The van der Waals surface area contributed by atoms with E-state index in [9.17, 15) is 14.3 Å². The lowest BCUT2D eigenvalue weighted by molar-refractivity contribution is -0.132. The first-order valence-electron chi connectivity index (χ1n) is 6.50. The summed E-state index contributed by atoms with van der Waals surface area (Å²) in [5.41, 5.74) is 0.692. The standard InChI is InChI=1S/C14H19FN2O3/c1-17(14(19)12-6-10(18)7-16-12)8-9-3-4-13(20-2)11(15)5-9/h3-5,10,12,16,18H,6-8H2,1-2H3. The smallest absolute Gasteiger partial charge is 0.239 e. The highest BCUT2D eigenvalue weighted by Gasteiger charge is 2.30. The highest BCUT2D eigenvalue weighted by molar-refractivity contribution is 5.82. The van der Waals surface area contributed by atoms with Gasteiger partial charge in [-0.05, 0) is 24.1 Å². The molecule has 6 heteroatoms. The van der Waals surface area contributed by atoms with Gasteiger partial charge in [-0.2, -0.15) is 0 Å².